The molecule has 0 N–H and O–H groups in total. The van der Waals surface area contributed by atoms with Crippen LogP contribution >= 0.6 is 11.6 Å². The van der Waals surface area contributed by atoms with Gasteiger partial charge in [0.05, 0.1) is 12.8 Å². The van der Waals surface area contributed by atoms with Gasteiger partial charge in [-0.2, -0.15) is 18.3 Å². The van der Waals surface area contributed by atoms with Gasteiger partial charge < -0.3 is 9.64 Å². The molecule has 40 heavy (non-hydrogen) atoms. The molecule has 212 valence electrons. The molecule has 4 bridgehead atoms. The number of hydrogen-bond donors (Lipinski definition) is 0. The molecule has 1 aromatic carbocycles. The van der Waals surface area contributed by atoms with E-state index in [-0.39, 0.29) is 27.6 Å². The minimum Gasteiger partial charge on any atom is -0.496 e. The highest BCUT2D eigenvalue weighted by atomic mass is 35.5. The standard InChI is InChI=1S/C29H31ClF3N5O2/c1-40-22-5-3-2-4-20(22)21-13-23(29(31,32)33)38-26(34-21)24(30)25(35-38)27(39)36-6-8-37(9-7-36)28-14-17-10-18(15-28)12-19(11-17)16-28/h2-5,13,17-19H,6-12,14-16H2,1H3. The van der Waals surface area contributed by atoms with E-state index in [1.165, 1.54) is 45.6 Å². The highest BCUT2D eigenvalue weighted by Crippen LogP contribution is 2.58. The van der Waals surface area contributed by atoms with Crippen molar-refractivity contribution in [1.29, 1.82) is 0 Å². The van der Waals surface area contributed by atoms with Crippen molar-refractivity contribution in [2.45, 2.75) is 50.2 Å². The van der Waals surface area contributed by atoms with E-state index in [0.717, 1.165) is 36.9 Å². The van der Waals surface area contributed by atoms with Crippen LogP contribution in [0.4, 0.5) is 13.2 Å². The summed E-state index contributed by atoms with van der Waals surface area (Å²) >= 11 is 6.56. The van der Waals surface area contributed by atoms with Gasteiger partial charge in [0.25, 0.3) is 5.91 Å². The SMILES string of the molecule is COc1ccccc1-c1cc(C(F)(F)F)n2nc(C(=O)N3CCN(C45CC6CC(CC(C6)C4)C5)CC3)c(Cl)c2n1. The summed E-state index contributed by atoms with van der Waals surface area (Å²) in [5.74, 6) is 2.40. The molecule has 4 aliphatic carbocycles. The monoisotopic (exact) mass is 573 g/mol. The van der Waals surface area contributed by atoms with E-state index in [0.29, 0.717) is 28.9 Å². The predicted molar refractivity (Wildman–Crippen MR) is 143 cm³/mol. The van der Waals surface area contributed by atoms with Crippen molar-refractivity contribution in [2.75, 3.05) is 33.3 Å². The lowest BCUT2D eigenvalue weighted by Gasteiger charge is -2.61. The number of amides is 1. The summed E-state index contributed by atoms with van der Waals surface area (Å²) in [4.78, 5) is 22.2. The maximum Gasteiger partial charge on any atom is 0.433 e. The molecule has 1 amide bonds. The third-order valence-corrected chi connectivity index (χ3v) is 10.0. The van der Waals surface area contributed by atoms with Gasteiger partial charge in [-0.1, -0.05) is 23.7 Å². The number of para-hydroxylation sites is 1. The van der Waals surface area contributed by atoms with Crippen molar-refractivity contribution in [3.8, 4) is 17.0 Å². The fourth-order valence-corrected chi connectivity index (χ4v) is 8.55. The molecule has 5 fully saturated rings. The van der Waals surface area contributed by atoms with Gasteiger partial charge in [-0.25, -0.2) is 9.50 Å². The van der Waals surface area contributed by atoms with E-state index in [1.54, 1.807) is 29.2 Å². The van der Waals surface area contributed by atoms with E-state index in [4.69, 9.17) is 16.3 Å². The number of alkyl halides is 3. The number of nitrogens with zero attached hydrogens (tertiary/aromatic N) is 5. The van der Waals surface area contributed by atoms with Crippen molar-refractivity contribution in [1.82, 2.24) is 24.4 Å². The molecule has 3 aromatic rings. The fraction of sp³-hybridized carbons (Fsp3) is 0.552. The van der Waals surface area contributed by atoms with Crippen LogP contribution in [0.1, 0.15) is 54.7 Å². The Hall–Kier alpha value is -2.85. The minimum atomic E-state index is -4.75. The molecule has 5 aliphatic rings. The zero-order valence-electron chi connectivity index (χ0n) is 22.3. The normalized spacial score (nSPS) is 28.4. The van der Waals surface area contributed by atoms with Gasteiger partial charge in [-0.3, -0.25) is 9.69 Å². The third-order valence-electron chi connectivity index (χ3n) is 9.65. The number of ether oxygens (including phenoxy) is 1. The lowest BCUT2D eigenvalue weighted by atomic mass is 9.52. The topological polar surface area (TPSA) is 63.0 Å². The molecule has 0 unspecified atom stereocenters. The van der Waals surface area contributed by atoms with Crippen LogP contribution in [0.25, 0.3) is 16.9 Å². The summed E-state index contributed by atoms with van der Waals surface area (Å²) < 4.78 is 48.5. The molecule has 3 heterocycles. The van der Waals surface area contributed by atoms with E-state index < -0.39 is 17.8 Å². The molecule has 1 aliphatic heterocycles. The van der Waals surface area contributed by atoms with Crippen LogP contribution in [0.3, 0.4) is 0 Å². The van der Waals surface area contributed by atoms with Gasteiger partial charge in [-0.05, 0) is 74.5 Å². The number of carbonyl (C=O) groups is 1. The van der Waals surface area contributed by atoms with Gasteiger partial charge in [-0.15, -0.1) is 0 Å². The third kappa shape index (κ3) is 4.17. The number of aromatic nitrogens is 3. The molecule has 1 saturated heterocycles. The van der Waals surface area contributed by atoms with Crippen LogP contribution in [-0.4, -0.2) is 69.1 Å². The van der Waals surface area contributed by atoms with Gasteiger partial charge in [0.15, 0.2) is 17.0 Å². The average Bonchev–Trinajstić information content (AvgIpc) is 3.27. The minimum absolute atomic E-state index is 0.0299. The van der Waals surface area contributed by atoms with Crippen LogP contribution in [0.5, 0.6) is 5.75 Å². The second-order valence-electron chi connectivity index (χ2n) is 12.0. The van der Waals surface area contributed by atoms with E-state index in [2.05, 4.69) is 15.0 Å². The molecule has 2 aromatic heterocycles. The summed E-state index contributed by atoms with van der Waals surface area (Å²) in [7, 11) is 1.44. The molecule has 11 heteroatoms. The molecular weight excluding hydrogens is 543 g/mol. The fourth-order valence-electron chi connectivity index (χ4n) is 8.31. The summed E-state index contributed by atoms with van der Waals surface area (Å²) in [6, 6.07) is 7.58. The number of carbonyl (C=O) groups excluding carboxylic acids is 1. The smallest absolute Gasteiger partial charge is 0.433 e. The number of piperazine rings is 1. The number of halogens is 4. The van der Waals surface area contributed by atoms with Crippen LogP contribution in [0.2, 0.25) is 5.02 Å². The van der Waals surface area contributed by atoms with Crippen molar-refractivity contribution in [2.24, 2.45) is 17.8 Å². The Morgan fingerprint density at radius 3 is 2.25 bits per heavy atom. The first-order chi connectivity index (χ1) is 19.1. The first-order valence-corrected chi connectivity index (χ1v) is 14.4. The number of benzene rings is 1. The molecule has 0 atom stereocenters. The van der Waals surface area contributed by atoms with E-state index in [1.807, 2.05) is 0 Å². The second-order valence-corrected chi connectivity index (χ2v) is 12.4. The number of methoxy groups -OCH3 is 1. The van der Waals surface area contributed by atoms with Gasteiger partial charge in [0.2, 0.25) is 0 Å². The molecule has 0 spiro atoms. The van der Waals surface area contributed by atoms with Gasteiger partial charge in [0, 0.05) is 37.3 Å². The number of hydrogen-bond acceptors (Lipinski definition) is 5. The highest BCUT2D eigenvalue weighted by molar-refractivity contribution is 6.36. The summed E-state index contributed by atoms with van der Waals surface area (Å²) in [5, 5.41) is 3.89. The van der Waals surface area contributed by atoms with Crippen molar-refractivity contribution in [3.63, 3.8) is 0 Å². The van der Waals surface area contributed by atoms with Crippen molar-refractivity contribution < 1.29 is 22.7 Å². The zero-order chi connectivity index (χ0) is 27.8. The molecule has 7 nitrogen and oxygen atoms in total. The lowest BCUT2D eigenvalue weighted by molar-refractivity contribution is -0.142. The first-order valence-electron chi connectivity index (χ1n) is 14.0. The van der Waals surface area contributed by atoms with Crippen LogP contribution < -0.4 is 4.74 Å². The van der Waals surface area contributed by atoms with Crippen molar-refractivity contribution >= 4 is 23.2 Å². The Bertz CT molecular complexity index is 1450. The Morgan fingerprint density at radius 2 is 1.65 bits per heavy atom. The quantitative estimate of drug-likeness (QED) is 0.395. The first kappa shape index (κ1) is 26.1. The maximum atomic E-state index is 14.2. The maximum absolute atomic E-state index is 14.2. The molecule has 4 saturated carbocycles. The number of fused-ring (bicyclic) bond motifs is 1. The Kier molecular flexibility index (Phi) is 6.09. The summed E-state index contributed by atoms with van der Waals surface area (Å²) in [6.45, 7) is 2.51. The van der Waals surface area contributed by atoms with Crippen LogP contribution in [-0.2, 0) is 6.18 Å². The predicted octanol–water partition coefficient (Wildman–Crippen LogP) is 5.80. The average molecular weight is 574 g/mol. The Labute approximate surface area is 235 Å². The Balaban J connectivity index is 1.17. The van der Waals surface area contributed by atoms with Gasteiger partial charge in [0.1, 0.15) is 10.8 Å². The zero-order valence-corrected chi connectivity index (χ0v) is 23.0. The van der Waals surface area contributed by atoms with Crippen molar-refractivity contribution in [3.05, 3.63) is 46.7 Å². The molecule has 8 rings (SSSR count). The van der Waals surface area contributed by atoms with E-state index >= 15 is 0 Å². The highest BCUT2D eigenvalue weighted by Gasteiger charge is 2.53. The largest absolute Gasteiger partial charge is 0.496 e. The molecule has 0 radical (unpaired) electrons. The van der Waals surface area contributed by atoms with E-state index in [9.17, 15) is 18.0 Å². The second kappa shape index (κ2) is 9.34. The molecular formula is C29H31ClF3N5O2. The van der Waals surface area contributed by atoms with Crippen LogP contribution in [0.15, 0.2) is 30.3 Å². The summed E-state index contributed by atoms with van der Waals surface area (Å²) in [5.41, 5.74) is -0.823. The Morgan fingerprint density at radius 1 is 1.02 bits per heavy atom. The summed E-state index contributed by atoms with van der Waals surface area (Å²) in [6.07, 6.45) is 3.13. The van der Waals surface area contributed by atoms with Crippen LogP contribution in [0, 0.1) is 17.8 Å². The number of rotatable bonds is 4. The lowest BCUT2D eigenvalue weighted by Crippen LogP contribution is -2.64. The van der Waals surface area contributed by atoms with Gasteiger partial charge >= 0.3 is 6.18 Å².